The van der Waals surface area contributed by atoms with E-state index in [0.29, 0.717) is 17.1 Å². The van der Waals surface area contributed by atoms with Crippen LogP contribution in [0.15, 0.2) is 81.9 Å². The summed E-state index contributed by atoms with van der Waals surface area (Å²) in [5, 5.41) is 26.4. The highest BCUT2D eigenvalue weighted by Crippen LogP contribution is 2.25. The quantitative estimate of drug-likeness (QED) is 0.710. The maximum Gasteiger partial charge on any atom is 0.339 e. The van der Waals surface area contributed by atoms with Gasteiger partial charge in [-0.2, -0.15) is 10.2 Å². The summed E-state index contributed by atoms with van der Waals surface area (Å²) in [7, 11) is 0. The van der Waals surface area contributed by atoms with Crippen molar-refractivity contribution in [2.24, 2.45) is 10.2 Å². The highest BCUT2D eigenvalue weighted by molar-refractivity contribution is 5.91. The molecule has 2 aromatic carbocycles. The lowest BCUT2D eigenvalue weighted by Gasteiger charge is -2.04. The third-order valence-corrected chi connectivity index (χ3v) is 3.44. The van der Waals surface area contributed by atoms with Crippen LogP contribution in [0.3, 0.4) is 0 Å². The fraction of sp³-hybridized carbons (Fsp3) is 0. The number of aromatic carboxylic acids is 1. The second-order valence-corrected chi connectivity index (χ2v) is 5.13. The third-order valence-electron chi connectivity index (χ3n) is 3.44. The fourth-order valence-corrected chi connectivity index (χ4v) is 2.19. The molecule has 1 aromatic heterocycles. The van der Waals surface area contributed by atoms with Gasteiger partial charge in [-0.25, -0.2) is 4.79 Å². The van der Waals surface area contributed by atoms with E-state index in [4.69, 9.17) is 5.11 Å². The minimum atomic E-state index is -1.24. The molecule has 0 saturated heterocycles. The molecule has 1 heterocycles. The number of carboxylic acids is 1. The summed E-state index contributed by atoms with van der Waals surface area (Å²) in [4.78, 5) is 22.8. The van der Waals surface area contributed by atoms with Crippen molar-refractivity contribution in [1.82, 2.24) is 4.57 Å². The number of carboxylic acid groups (broad SMARTS) is 1. The third kappa shape index (κ3) is 3.61. The first-order chi connectivity index (χ1) is 12.0. The van der Waals surface area contributed by atoms with Crippen molar-refractivity contribution in [2.45, 2.75) is 0 Å². The molecule has 0 aliphatic heterocycles. The number of aromatic nitrogens is 1. The average Bonchev–Trinajstić information content (AvgIpc) is 2.62. The number of benzene rings is 2. The van der Waals surface area contributed by atoms with E-state index in [9.17, 15) is 14.7 Å². The Balaban J connectivity index is 1.83. The molecule has 0 fully saturated rings. The molecule has 7 nitrogen and oxygen atoms in total. The van der Waals surface area contributed by atoms with Crippen molar-refractivity contribution in [1.29, 1.82) is 0 Å². The zero-order valence-electron chi connectivity index (χ0n) is 12.9. The molecule has 0 unspecified atom stereocenters. The average molecular weight is 335 g/mol. The minimum Gasteiger partial charge on any atom is -0.507 e. The Labute approximate surface area is 142 Å². The Morgan fingerprint density at radius 1 is 0.920 bits per heavy atom. The molecule has 0 atom stereocenters. The summed E-state index contributed by atoms with van der Waals surface area (Å²) in [6, 6.07) is 15.7. The van der Waals surface area contributed by atoms with E-state index in [0.717, 1.165) is 0 Å². The van der Waals surface area contributed by atoms with Crippen LogP contribution >= 0.6 is 0 Å². The largest absolute Gasteiger partial charge is 0.507 e. The van der Waals surface area contributed by atoms with Crippen molar-refractivity contribution >= 4 is 17.3 Å². The molecule has 2 N–H and O–H groups in total. The van der Waals surface area contributed by atoms with Crippen LogP contribution in [0.5, 0.6) is 5.75 Å². The fourth-order valence-electron chi connectivity index (χ4n) is 2.19. The number of phenols is 1. The maximum atomic E-state index is 11.8. The molecule has 3 rings (SSSR count). The zero-order chi connectivity index (χ0) is 17.8. The predicted molar refractivity (Wildman–Crippen MR) is 91.3 cm³/mol. The zero-order valence-corrected chi connectivity index (χ0v) is 12.9. The van der Waals surface area contributed by atoms with Gasteiger partial charge in [0.2, 0.25) is 0 Å². The lowest BCUT2D eigenvalue weighted by atomic mass is 10.2. The lowest BCUT2D eigenvalue weighted by Crippen LogP contribution is -2.15. The summed E-state index contributed by atoms with van der Waals surface area (Å²) in [5.74, 6) is -1.57. The van der Waals surface area contributed by atoms with Gasteiger partial charge in [0.1, 0.15) is 11.3 Å². The number of azo groups is 1. The smallest absolute Gasteiger partial charge is 0.339 e. The number of aromatic hydroxyl groups is 1. The Morgan fingerprint density at radius 3 is 2.28 bits per heavy atom. The van der Waals surface area contributed by atoms with E-state index in [1.807, 2.05) is 0 Å². The number of hydrogen-bond acceptors (Lipinski definition) is 5. The highest BCUT2D eigenvalue weighted by Gasteiger charge is 2.09. The van der Waals surface area contributed by atoms with Crippen molar-refractivity contribution in [3.63, 3.8) is 0 Å². The number of rotatable bonds is 4. The molecular weight excluding hydrogens is 322 g/mol. The molecule has 25 heavy (non-hydrogen) atoms. The van der Waals surface area contributed by atoms with Gasteiger partial charge in [0.15, 0.2) is 0 Å². The van der Waals surface area contributed by atoms with Crippen LogP contribution in [-0.2, 0) is 0 Å². The molecule has 3 aromatic rings. The van der Waals surface area contributed by atoms with Gasteiger partial charge in [0.25, 0.3) is 5.56 Å². The molecular formula is C18H13N3O4. The Hall–Kier alpha value is -3.74. The lowest BCUT2D eigenvalue weighted by molar-refractivity contribution is 0.0694. The van der Waals surface area contributed by atoms with Crippen LogP contribution < -0.4 is 5.56 Å². The van der Waals surface area contributed by atoms with Crippen LogP contribution in [0.1, 0.15) is 10.4 Å². The Bertz CT molecular complexity index is 1010. The van der Waals surface area contributed by atoms with Gasteiger partial charge in [-0.05, 0) is 48.5 Å². The van der Waals surface area contributed by atoms with E-state index in [1.165, 1.54) is 28.8 Å². The molecule has 0 amide bonds. The molecule has 0 saturated carbocycles. The van der Waals surface area contributed by atoms with Gasteiger partial charge in [-0.15, -0.1) is 0 Å². The predicted octanol–water partition coefficient (Wildman–Crippen LogP) is 3.66. The standard InChI is InChI=1S/C18H13N3O4/c22-16-9-6-13(11-15(16)18(24)25)20-19-12-4-7-14(8-5-12)21-10-2-1-3-17(21)23/h1-11,22H,(H,24,25). The number of nitrogens with zero attached hydrogens (tertiary/aromatic N) is 3. The highest BCUT2D eigenvalue weighted by atomic mass is 16.4. The second kappa shape index (κ2) is 6.79. The van der Waals surface area contributed by atoms with Gasteiger partial charge in [-0.3, -0.25) is 9.36 Å². The van der Waals surface area contributed by atoms with E-state index >= 15 is 0 Å². The van der Waals surface area contributed by atoms with Crippen LogP contribution in [0, 0.1) is 0 Å². The molecule has 7 heteroatoms. The first-order valence-corrected chi connectivity index (χ1v) is 7.31. The summed E-state index contributed by atoms with van der Waals surface area (Å²) in [6.07, 6.45) is 1.67. The summed E-state index contributed by atoms with van der Waals surface area (Å²) in [5.41, 5.74) is 1.16. The maximum absolute atomic E-state index is 11.8. The van der Waals surface area contributed by atoms with E-state index in [1.54, 1.807) is 42.6 Å². The van der Waals surface area contributed by atoms with E-state index < -0.39 is 5.97 Å². The second-order valence-electron chi connectivity index (χ2n) is 5.13. The van der Waals surface area contributed by atoms with Crippen LogP contribution in [0.25, 0.3) is 5.69 Å². The Morgan fingerprint density at radius 2 is 1.60 bits per heavy atom. The molecule has 0 radical (unpaired) electrons. The normalized spacial score (nSPS) is 10.9. The summed E-state index contributed by atoms with van der Waals surface area (Å²) >= 11 is 0. The van der Waals surface area contributed by atoms with Gasteiger partial charge >= 0.3 is 5.97 Å². The molecule has 0 spiro atoms. The monoisotopic (exact) mass is 335 g/mol. The number of pyridine rings is 1. The Kier molecular flexibility index (Phi) is 4.38. The van der Waals surface area contributed by atoms with Crippen molar-refractivity contribution in [2.75, 3.05) is 0 Å². The summed E-state index contributed by atoms with van der Waals surface area (Å²) < 4.78 is 1.50. The van der Waals surface area contributed by atoms with Gasteiger partial charge in [-0.1, -0.05) is 6.07 Å². The molecule has 0 aliphatic rings. The molecule has 124 valence electrons. The number of carbonyl (C=O) groups is 1. The van der Waals surface area contributed by atoms with E-state index in [-0.39, 0.29) is 16.9 Å². The topological polar surface area (TPSA) is 104 Å². The SMILES string of the molecule is O=C(O)c1cc(N=Nc2ccc(-n3ccccc3=O)cc2)ccc1O. The van der Waals surface area contributed by atoms with Crippen LogP contribution in [-0.4, -0.2) is 20.7 Å². The first-order valence-electron chi connectivity index (χ1n) is 7.31. The van der Waals surface area contributed by atoms with Crippen LogP contribution in [0.2, 0.25) is 0 Å². The van der Waals surface area contributed by atoms with Gasteiger partial charge in [0, 0.05) is 18.0 Å². The summed E-state index contributed by atoms with van der Waals surface area (Å²) in [6.45, 7) is 0. The molecule has 0 aliphatic carbocycles. The van der Waals surface area contributed by atoms with Crippen molar-refractivity contribution in [3.8, 4) is 11.4 Å². The van der Waals surface area contributed by atoms with Crippen molar-refractivity contribution in [3.05, 3.63) is 82.8 Å². The first kappa shape index (κ1) is 16.1. The molecule has 0 bridgehead atoms. The van der Waals surface area contributed by atoms with Crippen molar-refractivity contribution < 1.29 is 15.0 Å². The van der Waals surface area contributed by atoms with E-state index in [2.05, 4.69) is 10.2 Å². The van der Waals surface area contributed by atoms with Crippen LogP contribution in [0.4, 0.5) is 11.4 Å². The van der Waals surface area contributed by atoms with Gasteiger partial charge < -0.3 is 10.2 Å². The minimum absolute atomic E-state index is 0.137. The number of hydrogen-bond donors (Lipinski definition) is 2. The van der Waals surface area contributed by atoms with Gasteiger partial charge in [0.05, 0.1) is 11.4 Å².